The van der Waals surface area contributed by atoms with Gasteiger partial charge >= 0.3 is 5.97 Å². The lowest BCUT2D eigenvalue weighted by Gasteiger charge is -2.13. The Morgan fingerprint density at radius 1 is 0.960 bits per heavy atom. The first kappa shape index (κ1) is 18.3. The molecule has 1 N–H and O–H groups in total. The van der Waals surface area contributed by atoms with E-state index in [9.17, 15) is 23.2 Å². The molecule has 7 heteroatoms. The molecule has 0 heterocycles. The van der Waals surface area contributed by atoms with Gasteiger partial charge in [0.1, 0.15) is 0 Å². The average Bonchev–Trinajstić information content (AvgIpc) is 2.56. The number of Topliss-reactive ketones (excluding diaryl/α,β-unsaturated/α-hetero) is 1. The molecule has 2 aromatic carbocycles. The second kappa shape index (κ2) is 7.65. The van der Waals surface area contributed by atoms with Gasteiger partial charge in [0.05, 0.1) is 5.56 Å². The summed E-state index contributed by atoms with van der Waals surface area (Å²) in [5.41, 5.74) is 0.592. The maximum absolute atomic E-state index is 13.2. The van der Waals surface area contributed by atoms with Crippen molar-refractivity contribution in [1.82, 2.24) is 0 Å². The summed E-state index contributed by atoms with van der Waals surface area (Å²) in [5, 5.41) is 2.55. The molecular formula is C18H15F2NO4. The lowest BCUT2D eigenvalue weighted by molar-refractivity contribution is -0.114. The third-order valence-corrected chi connectivity index (χ3v) is 3.30. The van der Waals surface area contributed by atoms with Crippen LogP contribution in [0.3, 0.4) is 0 Å². The predicted molar refractivity (Wildman–Crippen MR) is 86.3 cm³/mol. The van der Waals surface area contributed by atoms with E-state index in [0.717, 1.165) is 18.2 Å². The number of hydrogen-bond acceptors (Lipinski definition) is 4. The first-order chi connectivity index (χ1) is 11.8. The van der Waals surface area contributed by atoms with Crippen molar-refractivity contribution < 1.29 is 27.9 Å². The highest BCUT2D eigenvalue weighted by molar-refractivity contribution is 6.01. The number of benzene rings is 2. The zero-order valence-electron chi connectivity index (χ0n) is 13.5. The van der Waals surface area contributed by atoms with Gasteiger partial charge in [-0.2, -0.15) is 0 Å². The average molecular weight is 347 g/mol. The molecule has 0 fully saturated rings. The van der Waals surface area contributed by atoms with Gasteiger partial charge in [-0.25, -0.2) is 13.6 Å². The lowest BCUT2D eigenvalue weighted by atomic mass is 10.1. The topological polar surface area (TPSA) is 72.5 Å². The third kappa shape index (κ3) is 4.69. The van der Waals surface area contributed by atoms with Gasteiger partial charge in [-0.15, -0.1) is 0 Å². The minimum atomic E-state index is -1.17. The van der Waals surface area contributed by atoms with E-state index in [-0.39, 0.29) is 17.0 Å². The summed E-state index contributed by atoms with van der Waals surface area (Å²) >= 11 is 0. The van der Waals surface area contributed by atoms with Gasteiger partial charge in [0, 0.05) is 18.2 Å². The molecule has 2 rings (SSSR count). The zero-order chi connectivity index (χ0) is 18.6. The molecule has 25 heavy (non-hydrogen) atoms. The van der Waals surface area contributed by atoms with Gasteiger partial charge in [-0.05, 0) is 49.4 Å². The molecule has 2 aromatic rings. The molecule has 0 bridgehead atoms. The standard InChI is InChI=1S/C18H15F2NO4/c1-10(17(23)13-5-8-15(19)16(20)9-13)25-18(24)12-3-6-14(7-4-12)21-11(2)22/h3-10H,1-2H3,(H,21,22). The van der Waals surface area contributed by atoms with Crippen LogP contribution in [0.4, 0.5) is 14.5 Å². The molecule has 0 aliphatic heterocycles. The van der Waals surface area contributed by atoms with Crippen molar-refractivity contribution in [3.8, 4) is 0 Å². The van der Waals surface area contributed by atoms with Crippen LogP contribution in [0.5, 0.6) is 0 Å². The van der Waals surface area contributed by atoms with E-state index in [1.54, 1.807) is 0 Å². The van der Waals surface area contributed by atoms with Gasteiger partial charge in [0.15, 0.2) is 17.7 Å². The van der Waals surface area contributed by atoms with Crippen LogP contribution in [0.2, 0.25) is 0 Å². The summed E-state index contributed by atoms with van der Waals surface area (Å²) in [7, 11) is 0. The number of carbonyl (C=O) groups is 3. The number of rotatable bonds is 5. The minimum Gasteiger partial charge on any atom is -0.451 e. The number of carbonyl (C=O) groups excluding carboxylic acids is 3. The van der Waals surface area contributed by atoms with Crippen LogP contribution in [-0.2, 0) is 9.53 Å². The van der Waals surface area contributed by atoms with Crippen molar-refractivity contribution in [1.29, 1.82) is 0 Å². The maximum Gasteiger partial charge on any atom is 0.338 e. The smallest absolute Gasteiger partial charge is 0.338 e. The van der Waals surface area contributed by atoms with Crippen LogP contribution in [0.25, 0.3) is 0 Å². The molecule has 0 aromatic heterocycles. The van der Waals surface area contributed by atoms with E-state index in [4.69, 9.17) is 4.74 Å². The highest BCUT2D eigenvalue weighted by Gasteiger charge is 2.21. The summed E-state index contributed by atoms with van der Waals surface area (Å²) in [6.07, 6.45) is -1.17. The van der Waals surface area contributed by atoms with Gasteiger partial charge in [-0.1, -0.05) is 0 Å². The van der Waals surface area contributed by atoms with Crippen molar-refractivity contribution in [3.63, 3.8) is 0 Å². The largest absolute Gasteiger partial charge is 0.451 e. The molecule has 0 radical (unpaired) electrons. The van der Waals surface area contributed by atoms with Crippen molar-refractivity contribution in [2.75, 3.05) is 5.32 Å². The highest BCUT2D eigenvalue weighted by Crippen LogP contribution is 2.15. The zero-order valence-corrected chi connectivity index (χ0v) is 13.5. The lowest BCUT2D eigenvalue weighted by Crippen LogP contribution is -2.24. The molecule has 0 saturated carbocycles. The fourth-order valence-electron chi connectivity index (χ4n) is 2.06. The van der Waals surface area contributed by atoms with Crippen LogP contribution in [0, 0.1) is 11.6 Å². The fraction of sp³-hybridized carbons (Fsp3) is 0.167. The maximum atomic E-state index is 13.2. The summed E-state index contributed by atoms with van der Waals surface area (Å²) in [5.74, 6) is -3.88. The summed E-state index contributed by atoms with van der Waals surface area (Å²) in [6.45, 7) is 2.70. The Bertz CT molecular complexity index is 818. The molecule has 5 nitrogen and oxygen atoms in total. The Hall–Kier alpha value is -3.09. The van der Waals surface area contributed by atoms with Crippen molar-refractivity contribution in [3.05, 3.63) is 65.2 Å². The molecule has 1 atom stereocenters. The van der Waals surface area contributed by atoms with E-state index < -0.39 is 29.5 Å². The quantitative estimate of drug-likeness (QED) is 0.665. The molecule has 0 aliphatic rings. The first-order valence-corrected chi connectivity index (χ1v) is 7.36. The second-order valence-electron chi connectivity index (χ2n) is 5.30. The van der Waals surface area contributed by atoms with Gasteiger partial charge in [-0.3, -0.25) is 9.59 Å². The van der Waals surface area contributed by atoms with Crippen LogP contribution in [-0.4, -0.2) is 23.8 Å². The van der Waals surface area contributed by atoms with E-state index in [0.29, 0.717) is 5.69 Å². The van der Waals surface area contributed by atoms with Crippen LogP contribution >= 0.6 is 0 Å². The Labute approximate surface area is 142 Å². The van der Waals surface area contributed by atoms with Crippen LogP contribution in [0.1, 0.15) is 34.6 Å². The number of amides is 1. The Kier molecular flexibility index (Phi) is 5.59. The third-order valence-electron chi connectivity index (χ3n) is 3.30. The van der Waals surface area contributed by atoms with E-state index in [1.807, 2.05) is 0 Å². The first-order valence-electron chi connectivity index (χ1n) is 7.36. The number of anilines is 1. The Morgan fingerprint density at radius 3 is 2.12 bits per heavy atom. The van der Waals surface area contributed by atoms with Gasteiger partial charge < -0.3 is 10.1 Å². The molecular weight excluding hydrogens is 332 g/mol. The van der Waals surface area contributed by atoms with E-state index in [1.165, 1.54) is 38.1 Å². The monoisotopic (exact) mass is 347 g/mol. The molecule has 1 unspecified atom stereocenters. The summed E-state index contributed by atoms with van der Waals surface area (Å²) in [4.78, 5) is 35.1. The highest BCUT2D eigenvalue weighted by atomic mass is 19.2. The number of halogens is 2. The fourth-order valence-corrected chi connectivity index (χ4v) is 2.06. The van der Waals surface area contributed by atoms with Crippen LogP contribution in [0.15, 0.2) is 42.5 Å². The minimum absolute atomic E-state index is 0.0970. The van der Waals surface area contributed by atoms with Crippen molar-refractivity contribution in [2.24, 2.45) is 0 Å². The van der Waals surface area contributed by atoms with E-state index >= 15 is 0 Å². The second-order valence-corrected chi connectivity index (χ2v) is 5.30. The molecule has 0 spiro atoms. The normalized spacial score (nSPS) is 11.5. The van der Waals surface area contributed by atoms with Crippen LogP contribution < -0.4 is 5.32 Å². The number of nitrogens with one attached hydrogen (secondary N) is 1. The predicted octanol–water partition coefficient (Wildman–Crippen LogP) is 3.35. The van der Waals surface area contributed by atoms with Gasteiger partial charge in [0.25, 0.3) is 0 Å². The Morgan fingerprint density at radius 2 is 1.56 bits per heavy atom. The molecule has 130 valence electrons. The number of hydrogen-bond donors (Lipinski definition) is 1. The molecule has 0 aliphatic carbocycles. The molecule has 0 saturated heterocycles. The summed E-state index contributed by atoms with van der Waals surface area (Å²) < 4.78 is 31.2. The number of esters is 1. The van der Waals surface area contributed by atoms with Gasteiger partial charge in [0.2, 0.25) is 11.7 Å². The SMILES string of the molecule is CC(=O)Nc1ccc(C(=O)OC(C)C(=O)c2ccc(F)c(F)c2)cc1. The van der Waals surface area contributed by atoms with Crippen molar-refractivity contribution in [2.45, 2.75) is 20.0 Å². The number of ether oxygens (including phenoxy) is 1. The Balaban J connectivity index is 2.04. The molecule has 1 amide bonds. The number of ketones is 1. The van der Waals surface area contributed by atoms with Crippen molar-refractivity contribution >= 4 is 23.3 Å². The summed E-state index contributed by atoms with van der Waals surface area (Å²) in [6, 6.07) is 8.60. The van der Waals surface area contributed by atoms with E-state index in [2.05, 4.69) is 5.32 Å².